The average molecular weight is 268 g/mol. The van der Waals surface area contributed by atoms with E-state index in [-0.39, 0.29) is 0 Å². The first kappa shape index (κ1) is 14.4. The molecular formula is C15H28N2S. The topological polar surface area (TPSA) is 6.48 Å². The second-order valence-electron chi connectivity index (χ2n) is 5.80. The summed E-state index contributed by atoms with van der Waals surface area (Å²) in [5.41, 5.74) is 1.71. The van der Waals surface area contributed by atoms with Gasteiger partial charge in [0, 0.05) is 49.6 Å². The van der Waals surface area contributed by atoms with Crippen LogP contribution >= 0.6 is 11.8 Å². The summed E-state index contributed by atoms with van der Waals surface area (Å²) in [6.45, 7) is 13.2. The Balaban J connectivity index is 2.00. The first-order chi connectivity index (χ1) is 8.70. The lowest BCUT2D eigenvalue weighted by atomic mass is 9.95. The van der Waals surface area contributed by atoms with E-state index in [1.807, 2.05) is 0 Å². The fraction of sp³-hybridized carbons (Fsp3) is 0.867. The molecule has 2 aliphatic heterocycles. The molecule has 2 nitrogen and oxygen atoms in total. The van der Waals surface area contributed by atoms with Crippen LogP contribution in [0.4, 0.5) is 0 Å². The van der Waals surface area contributed by atoms with Crippen LogP contribution in [-0.2, 0) is 0 Å². The van der Waals surface area contributed by atoms with Gasteiger partial charge >= 0.3 is 0 Å². The molecule has 0 aromatic rings. The first-order valence-corrected chi connectivity index (χ1v) is 8.59. The molecule has 0 amide bonds. The lowest BCUT2D eigenvalue weighted by Gasteiger charge is -2.33. The van der Waals surface area contributed by atoms with Crippen LogP contribution in [0.1, 0.15) is 27.2 Å². The zero-order valence-corrected chi connectivity index (χ0v) is 13.0. The third-order valence-electron chi connectivity index (χ3n) is 4.26. The maximum Gasteiger partial charge on any atom is 0.0196 e. The van der Waals surface area contributed by atoms with Crippen LogP contribution in [0.3, 0.4) is 0 Å². The molecule has 0 bridgehead atoms. The van der Waals surface area contributed by atoms with Gasteiger partial charge in [-0.2, -0.15) is 11.8 Å². The number of hydrogen-bond acceptors (Lipinski definition) is 3. The Morgan fingerprint density at radius 1 is 1.39 bits per heavy atom. The normalized spacial score (nSPS) is 28.2. The van der Waals surface area contributed by atoms with Crippen LogP contribution < -0.4 is 0 Å². The quantitative estimate of drug-likeness (QED) is 0.727. The van der Waals surface area contributed by atoms with E-state index in [4.69, 9.17) is 0 Å². The van der Waals surface area contributed by atoms with Gasteiger partial charge in [-0.25, -0.2) is 0 Å². The van der Waals surface area contributed by atoms with Crippen LogP contribution in [0, 0.1) is 5.92 Å². The van der Waals surface area contributed by atoms with Gasteiger partial charge in [0.15, 0.2) is 0 Å². The molecule has 0 N–H and O–H groups in total. The third kappa shape index (κ3) is 3.75. The fourth-order valence-electron chi connectivity index (χ4n) is 2.93. The van der Waals surface area contributed by atoms with Gasteiger partial charge in [0.05, 0.1) is 0 Å². The summed E-state index contributed by atoms with van der Waals surface area (Å²) < 4.78 is 0. The SMILES string of the molecule is CCN1CCC=C(C2CSCCN(C(C)C)C2)C1. The maximum absolute atomic E-state index is 2.66. The standard InChI is InChI=1S/C15H28N2S/c1-4-16-7-5-6-14(10-16)15-11-17(13(2)3)8-9-18-12-15/h6,13,15H,4-5,7-12H2,1-3H3. The molecule has 18 heavy (non-hydrogen) atoms. The minimum atomic E-state index is 0.692. The van der Waals surface area contributed by atoms with E-state index in [2.05, 4.69) is 48.4 Å². The zero-order valence-electron chi connectivity index (χ0n) is 12.2. The monoisotopic (exact) mass is 268 g/mol. The van der Waals surface area contributed by atoms with E-state index in [0.717, 1.165) is 5.92 Å². The van der Waals surface area contributed by atoms with Crippen molar-refractivity contribution in [3.05, 3.63) is 11.6 Å². The van der Waals surface area contributed by atoms with Crippen LogP contribution in [0.2, 0.25) is 0 Å². The highest BCUT2D eigenvalue weighted by Crippen LogP contribution is 2.26. The van der Waals surface area contributed by atoms with Crippen molar-refractivity contribution in [3.63, 3.8) is 0 Å². The lowest BCUT2D eigenvalue weighted by molar-refractivity contribution is 0.211. The molecule has 2 heterocycles. The van der Waals surface area contributed by atoms with Crippen LogP contribution in [0.25, 0.3) is 0 Å². The fourth-order valence-corrected chi connectivity index (χ4v) is 4.06. The molecule has 1 atom stereocenters. The summed E-state index contributed by atoms with van der Waals surface area (Å²) in [5.74, 6) is 3.42. The molecule has 0 aliphatic carbocycles. The van der Waals surface area contributed by atoms with E-state index in [9.17, 15) is 0 Å². The van der Waals surface area contributed by atoms with Crippen molar-refractivity contribution < 1.29 is 0 Å². The van der Waals surface area contributed by atoms with Crippen molar-refractivity contribution >= 4 is 11.8 Å². The second-order valence-corrected chi connectivity index (χ2v) is 6.95. The van der Waals surface area contributed by atoms with Gasteiger partial charge in [-0.1, -0.05) is 18.6 Å². The van der Waals surface area contributed by atoms with E-state index < -0.39 is 0 Å². The molecule has 3 heteroatoms. The van der Waals surface area contributed by atoms with E-state index in [1.165, 1.54) is 50.7 Å². The Labute approximate surface area is 117 Å². The second kappa shape index (κ2) is 6.97. The lowest BCUT2D eigenvalue weighted by Crippen LogP contribution is -2.39. The molecule has 2 aliphatic rings. The minimum Gasteiger partial charge on any atom is -0.299 e. The predicted molar refractivity (Wildman–Crippen MR) is 82.3 cm³/mol. The zero-order chi connectivity index (χ0) is 13.0. The molecule has 104 valence electrons. The van der Waals surface area contributed by atoms with Gasteiger partial charge in [0.25, 0.3) is 0 Å². The highest BCUT2D eigenvalue weighted by Gasteiger charge is 2.25. The van der Waals surface area contributed by atoms with Gasteiger partial charge in [0.1, 0.15) is 0 Å². The number of hydrogen-bond donors (Lipinski definition) is 0. The van der Waals surface area contributed by atoms with E-state index in [0.29, 0.717) is 6.04 Å². The molecule has 0 aromatic carbocycles. The van der Waals surface area contributed by atoms with Crippen molar-refractivity contribution in [2.75, 3.05) is 44.2 Å². The average Bonchev–Trinajstić information content (AvgIpc) is 2.64. The molecule has 0 spiro atoms. The van der Waals surface area contributed by atoms with E-state index in [1.54, 1.807) is 5.57 Å². The maximum atomic E-state index is 2.66. The number of nitrogens with zero attached hydrogens (tertiary/aromatic N) is 2. The van der Waals surface area contributed by atoms with Crippen molar-refractivity contribution in [3.8, 4) is 0 Å². The van der Waals surface area contributed by atoms with Crippen molar-refractivity contribution in [2.45, 2.75) is 33.2 Å². The smallest absolute Gasteiger partial charge is 0.0196 e. The number of thioether (sulfide) groups is 1. The Bertz CT molecular complexity index is 288. The number of likely N-dealkylation sites (N-methyl/N-ethyl adjacent to an activating group) is 1. The summed E-state index contributed by atoms with van der Waals surface area (Å²) in [5, 5.41) is 0. The molecule has 1 fully saturated rings. The molecule has 1 unspecified atom stereocenters. The largest absolute Gasteiger partial charge is 0.299 e. The van der Waals surface area contributed by atoms with Gasteiger partial charge in [0.2, 0.25) is 0 Å². The number of rotatable bonds is 3. The van der Waals surface area contributed by atoms with Crippen molar-refractivity contribution in [1.29, 1.82) is 0 Å². The van der Waals surface area contributed by atoms with Gasteiger partial charge < -0.3 is 0 Å². The molecule has 1 saturated heterocycles. The van der Waals surface area contributed by atoms with Gasteiger partial charge in [-0.15, -0.1) is 0 Å². The molecule has 2 rings (SSSR count). The third-order valence-corrected chi connectivity index (χ3v) is 5.37. The summed E-state index contributed by atoms with van der Waals surface area (Å²) in [4.78, 5) is 5.25. The van der Waals surface area contributed by atoms with Crippen molar-refractivity contribution in [1.82, 2.24) is 9.80 Å². The summed E-state index contributed by atoms with van der Waals surface area (Å²) >= 11 is 2.15. The Kier molecular flexibility index (Phi) is 5.58. The van der Waals surface area contributed by atoms with E-state index >= 15 is 0 Å². The molecule has 0 radical (unpaired) electrons. The minimum absolute atomic E-state index is 0.692. The Hall–Kier alpha value is 0.01000. The highest BCUT2D eigenvalue weighted by atomic mass is 32.2. The molecule has 0 saturated carbocycles. The Morgan fingerprint density at radius 2 is 2.22 bits per heavy atom. The Morgan fingerprint density at radius 3 is 2.94 bits per heavy atom. The van der Waals surface area contributed by atoms with Crippen LogP contribution in [0.15, 0.2) is 11.6 Å². The summed E-state index contributed by atoms with van der Waals surface area (Å²) in [6, 6.07) is 0.692. The molecular weight excluding hydrogens is 240 g/mol. The molecule has 0 aromatic heterocycles. The van der Waals surface area contributed by atoms with Crippen molar-refractivity contribution in [2.24, 2.45) is 5.92 Å². The van der Waals surface area contributed by atoms with Gasteiger partial charge in [-0.05, 0) is 26.8 Å². The summed E-state index contributed by atoms with van der Waals surface area (Å²) in [6.07, 6.45) is 3.78. The first-order valence-electron chi connectivity index (χ1n) is 7.43. The summed E-state index contributed by atoms with van der Waals surface area (Å²) in [7, 11) is 0. The highest BCUT2D eigenvalue weighted by molar-refractivity contribution is 7.99. The van der Waals surface area contributed by atoms with Crippen LogP contribution in [-0.4, -0.2) is 60.1 Å². The van der Waals surface area contributed by atoms with Gasteiger partial charge in [-0.3, -0.25) is 9.80 Å². The van der Waals surface area contributed by atoms with Crippen LogP contribution in [0.5, 0.6) is 0 Å². The predicted octanol–water partition coefficient (Wildman–Crippen LogP) is 2.71.